The number of fused-ring (bicyclic) bond motifs is 3. The SMILES string of the molecule is CCCCO/N=C/c1c(N)ncnc1Oc1ccc2[nH]c(C)cc2c1F.Cc1cc2c(F)c(Oc3ncnc(N)c3/C=N/OCC3CCCCC3)ccc2[nH]1.Cc1cc2c(F)c(Oc3ncnc(N)c3/C=N/OCc3ccccc3)ccc2[nH]1. The first kappa shape index (κ1) is 58.4. The minimum absolute atomic E-state index is 0.0226. The lowest BCUT2D eigenvalue weighted by atomic mass is 9.90. The molecular weight excluding hydrogens is 1080 g/mol. The number of aryl methyl sites for hydroxylation is 3. The first-order valence-electron chi connectivity index (χ1n) is 27.0. The number of anilines is 3. The molecule has 0 aliphatic heterocycles. The van der Waals surface area contributed by atoms with Gasteiger partial charge in [-0.1, -0.05) is 78.4 Å². The fourth-order valence-electron chi connectivity index (χ4n) is 8.92. The largest absolute Gasteiger partial charge is 0.435 e. The Hall–Kier alpha value is -10.3. The number of nitrogen functional groups attached to an aromatic ring is 3. The zero-order chi connectivity index (χ0) is 59.0. The quantitative estimate of drug-likeness (QED) is 0.0249. The van der Waals surface area contributed by atoms with E-state index < -0.39 is 17.5 Å². The van der Waals surface area contributed by atoms with Crippen molar-refractivity contribution in [1.82, 2.24) is 44.9 Å². The Labute approximate surface area is 480 Å². The summed E-state index contributed by atoms with van der Waals surface area (Å²) < 4.78 is 61.4. The van der Waals surface area contributed by atoms with E-state index in [9.17, 15) is 13.2 Å². The number of halogens is 3. The molecule has 10 aromatic rings. The lowest BCUT2D eigenvalue weighted by molar-refractivity contribution is 0.0928. The first-order chi connectivity index (χ1) is 40.8. The number of benzene rings is 4. The molecule has 9 N–H and O–H groups in total. The van der Waals surface area contributed by atoms with Crippen molar-refractivity contribution in [2.24, 2.45) is 21.4 Å². The second-order valence-corrected chi connectivity index (χ2v) is 19.6. The Morgan fingerprint density at radius 3 is 1.35 bits per heavy atom. The molecule has 0 bridgehead atoms. The van der Waals surface area contributed by atoms with Crippen LogP contribution in [0.25, 0.3) is 32.7 Å². The number of nitrogens with zero attached hydrogens (tertiary/aromatic N) is 9. The van der Waals surface area contributed by atoms with Gasteiger partial charge in [0.15, 0.2) is 34.7 Å². The Bertz CT molecular complexity index is 3940. The predicted molar refractivity (Wildman–Crippen MR) is 316 cm³/mol. The first-order valence-corrected chi connectivity index (χ1v) is 27.0. The standard InChI is InChI=1S/C21H24FN5O2.C21H18FN5O2.C18H20FN5O2/c2*1-13-9-15-17(27-13)7-8-18(19(15)22)29-21-16(20(23)24-12-25-21)10-26-28-11-14-5-3-2-4-6-14;1-3-4-7-25-23-9-13-17(20)21-10-22-18(13)26-15-6-5-14-12(16(15)19)8-11(2)24-14/h7-10,12,14,27H,2-6,11H2,1H3,(H2,23,24,25);2-10,12,27H,11H2,1H3,(H2,23,24,25);5-6,8-10,24H,3-4,7H2,1-2H3,(H2,20,21,22)/b2*26-10+;23-9+. The van der Waals surface area contributed by atoms with E-state index in [-0.39, 0.29) is 52.3 Å². The van der Waals surface area contributed by atoms with Crippen molar-refractivity contribution in [1.29, 1.82) is 0 Å². The number of aromatic nitrogens is 9. The third kappa shape index (κ3) is 14.8. The molecule has 21 nitrogen and oxygen atoms in total. The van der Waals surface area contributed by atoms with Gasteiger partial charge in [0.1, 0.15) is 72.9 Å². The minimum atomic E-state index is -0.493. The summed E-state index contributed by atoms with van der Waals surface area (Å²) in [6.45, 7) is 8.99. The molecule has 6 heterocycles. The van der Waals surface area contributed by atoms with Crippen LogP contribution in [0.5, 0.6) is 34.9 Å². The maximum absolute atomic E-state index is 14.8. The van der Waals surface area contributed by atoms with Gasteiger partial charge in [-0.2, -0.15) is 0 Å². The fourth-order valence-corrected chi connectivity index (χ4v) is 8.92. The highest BCUT2D eigenvalue weighted by Gasteiger charge is 2.20. The van der Waals surface area contributed by atoms with Crippen molar-refractivity contribution in [2.75, 3.05) is 30.4 Å². The number of rotatable bonds is 19. The zero-order valence-corrected chi connectivity index (χ0v) is 46.5. The molecule has 0 atom stereocenters. The Kier molecular flexibility index (Phi) is 19.4. The molecule has 0 radical (unpaired) electrons. The van der Waals surface area contributed by atoms with Gasteiger partial charge in [0.05, 0.1) is 18.6 Å². The minimum Gasteiger partial charge on any atom is -0.435 e. The highest BCUT2D eigenvalue weighted by atomic mass is 19.1. The van der Waals surface area contributed by atoms with Gasteiger partial charge < -0.3 is 60.9 Å². The summed E-state index contributed by atoms with van der Waals surface area (Å²) >= 11 is 0. The van der Waals surface area contributed by atoms with Gasteiger partial charge in [-0.3, -0.25) is 0 Å². The summed E-state index contributed by atoms with van der Waals surface area (Å²) in [6.07, 6.45) is 15.9. The van der Waals surface area contributed by atoms with Crippen LogP contribution in [-0.4, -0.2) is 76.7 Å². The molecule has 84 heavy (non-hydrogen) atoms. The van der Waals surface area contributed by atoms with E-state index in [1.807, 2.05) is 51.1 Å². The van der Waals surface area contributed by atoms with Crippen LogP contribution in [0.1, 0.15) is 91.2 Å². The number of nitrogens with two attached hydrogens (primary N) is 3. The molecule has 6 aromatic heterocycles. The van der Waals surface area contributed by atoms with Gasteiger partial charge in [-0.15, -0.1) is 0 Å². The van der Waals surface area contributed by atoms with Crippen molar-refractivity contribution < 1.29 is 41.9 Å². The molecular formula is C60H62F3N15O6. The summed E-state index contributed by atoms with van der Waals surface area (Å²) in [5.41, 5.74) is 24.4. The third-order valence-corrected chi connectivity index (χ3v) is 13.2. The van der Waals surface area contributed by atoms with E-state index in [0.29, 0.717) is 75.1 Å². The maximum Gasteiger partial charge on any atom is 0.233 e. The highest BCUT2D eigenvalue weighted by Crippen LogP contribution is 2.35. The summed E-state index contributed by atoms with van der Waals surface area (Å²) in [4.78, 5) is 49.2. The number of unbranched alkanes of at least 4 members (excludes halogenated alkanes) is 1. The Morgan fingerprint density at radius 2 is 0.929 bits per heavy atom. The van der Waals surface area contributed by atoms with E-state index in [1.54, 1.807) is 42.5 Å². The maximum atomic E-state index is 14.8. The van der Waals surface area contributed by atoms with Crippen LogP contribution in [0.3, 0.4) is 0 Å². The Morgan fingerprint density at radius 1 is 0.524 bits per heavy atom. The number of hydrogen-bond acceptors (Lipinski definition) is 18. The number of ether oxygens (including phenoxy) is 3. The second-order valence-electron chi connectivity index (χ2n) is 19.6. The van der Waals surface area contributed by atoms with Gasteiger partial charge in [0, 0.05) is 49.8 Å². The number of oxime groups is 3. The topological polar surface area (TPSA) is 295 Å². The number of aromatic amines is 3. The summed E-state index contributed by atoms with van der Waals surface area (Å²) in [6, 6.07) is 24.6. The molecule has 24 heteroatoms. The zero-order valence-electron chi connectivity index (χ0n) is 46.5. The molecule has 0 unspecified atom stereocenters. The van der Waals surface area contributed by atoms with E-state index in [1.165, 1.54) is 81.9 Å². The number of H-pyrrole nitrogens is 3. The Balaban J connectivity index is 0.000000151. The van der Waals surface area contributed by atoms with Crippen LogP contribution in [-0.2, 0) is 21.1 Å². The molecule has 4 aromatic carbocycles. The van der Waals surface area contributed by atoms with Gasteiger partial charge in [0.2, 0.25) is 17.6 Å². The molecule has 1 aliphatic rings. The highest BCUT2D eigenvalue weighted by molar-refractivity contribution is 5.90. The normalized spacial score (nSPS) is 12.7. The molecule has 11 rings (SSSR count). The lowest BCUT2D eigenvalue weighted by Gasteiger charge is -2.19. The van der Waals surface area contributed by atoms with E-state index in [2.05, 4.69) is 67.2 Å². The molecule has 1 fully saturated rings. The monoisotopic (exact) mass is 1150 g/mol. The molecule has 1 saturated carbocycles. The average Bonchev–Trinajstić information content (AvgIpc) is 3.75. The second kappa shape index (κ2) is 27.9. The lowest BCUT2D eigenvalue weighted by Crippen LogP contribution is -2.11. The van der Waals surface area contributed by atoms with Gasteiger partial charge in [-0.05, 0) is 106 Å². The molecule has 0 spiro atoms. The van der Waals surface area contributed by atoms with Gasteiger partial charge in [-0.25, -0.2) is 43.1 Å². The molecule has 434 valence electrons. The van der Waals surface area contributed by atoms with Crippen LogP contribution in [0.2, 0.25) is 0 Å². The van der Waals surface area contributed by atoms with Gasteiger partial charge in [0.25, 0.3) is 0 Å². The van der Waals surface area contributed by atoms with Crippen molar-refractivity contribution in [3.05, 3.63) is 161 Å². The summed E-state index contributed by atoms with van der Waals surface area (Å²) in [5.74, 6) is -0.0192. The van der Waals surface area contributed by atoms with Crippen molar-refractivity contribution in [3.8, 4) is 34.9 Å². The summed E-state index contributed by atoms with van der Waals surface area (Å²) in [7, 11) is 0. The number of hydrogen-bond donors (Lipinski definition) is 6. The van der Waals surface area contributed by atoms with Crippen molar-refractivity contribution in [3.63, 3.8) is 0 Å². The van der Waals surface area contributed by atoms with Crippen LogP contribution in [0, 0.1) is 44.1 Å². The molecule has 1 aliphatic carbocycles. The van der Waals surface area contributed by atoms with Gasteiger partial charge >= 0.3 is 0 Å². The summed E-state index contributed by atoms with van der Waals surface area (Å²) in [5, 5.41) is 13.1. The number of nitrogens with one attached hydrogen (secondary N) is 3. The molecule has 0 saturated heterocycles. The predicted octanol–water partition coefficient (Wildman–Crippen LogP) is 13.0. The van der Waals surface area contributed by atoms with Crippen LogP contribution in [0.4, 0.5) is 30.6 Å². The van der Waals surface area contributed by atoms with E-state index >= 15 is 0 Å². The van der Waals surface area contributed by atoms with E-state index in [0.717, 1.165) is 35.5 Å². The fraction of sp³-hybridized carbons (Fsp3) is 0.250. The third-order valence-electron chi connectivity index (χ3n) is 13.2. The van der Waals surface area contributed by atoms with Crippen LogP contribution < -0.4 is 31.4 Å². The molecule has 0 amide bonds. The van der Waals surface area contributed by atoms with Crippen LogP contribution in [0.15, 0.2) is 119 Å². The van der Waals surface area contributed by atoms with E-state index in [4.69, 9.17) is 45.9 Å². The van der Waals surface area contributed by atoms with Crippen LogP contribution >= 0.6 is 0 Å². The van der Waals surface area contributed by atoms with Crippen molar-refractivity contribution in [2.45, 2.75) is 79.2 Å². The smallest absolute Gasteiger partial charge is 0.233 e. The van der Waals surface area contributed by atoms with Crippen molar-refractivity contribution >= 4 is 68.8 Å². The average molecular weight is 1150 g/mol.